The molecular formula is C56H62Cl4F2N4O8S2. The van der Waals surface area contributed by atoms with E-state index in [1.54, 1.807) is 126 Å². The second kappa shape index (κ2) is 22.4. The summed E-state index contributed by atoms with van der Waals surface area (Å²) in [5.41, 5.74) is -1.06. The number of carbonyl (C=O) groups is 2. The molecule has 2 unspecified atom stereocenters. The van der Waals surface area contributed by atoms with Crippen LogP contribution in [0.25, 0.3) is 0 Å². The van der Waals surface area contributed by atoms with E-state index in [-0.39, 0.29) is 46.2 Å². The summed E-state index contributed by atoms with van der Waals surface area (Å²) in [4.78, 5) is 31.6. The molecule has 8 atom stereocenters. The Bertz CT molecular complexity index is 2980. The molecule has 12 nitrogen and oxygen atoms in total. The molecule has 2 saturated carbocycles. The number of amides is 2. The van der Waals surface area contributed by atoms with Crippen LogP contribution in [0.1, 0.15) is 140 Å². The quantitative estimate of drug-likeness (QED) is 0.118. The van der Waals surface area contributed by atoms with Crippen LogP contribution >= 0.6 is 46.4 Å². The second-order valence-corrected chi connectivity index (χ2v) is 29.8. The van der Waals surface area contributed by atoms with Gasteiger partial charge in [-0.3, -0.25) is 9.59 Å². The number of hydrogen-bond acceptors (Lipinski definition) is 10. The minimum atomic E-state index is -3.65. The fourth-order valence-corrected chi connectivity index (χ4v) is 13.3. The van der Waals surface area contributed by atoms with Crippen molar-refractivity contribution in [1.82, 2.24) is 9.80 Å². The van der Waals surface area contributed by atoms with Crippen LogP contribution in [-0.4, -0.2) is 82.7 Å². The van der Waals surface area contributed by atoms with Crippen molar-refractivity contribution in [1.29, 1.82) is 10.5 Å². The molecule has 0 spiro atoms. The Morgan fingerprint density at radius 2 is 0.934 bits per heavy atom. The lowest BCUT2D eigenvalue weighted by atomic mass is 9.86. The van der Waals surface area contributed by atoms with Gasteiger partial charge in [0.15, 0.2) is 30.9 Å². The molecule has 0 aromatic heterocycles. The molecule has 0 N–H and O–H groups in total. The summed E-state index contributed by atoms with van der Waals surface area (Å²) >= 11 is 24.6. The van der Waals surface area contributed by atoms with E-state index in [0.717, 1.165) is 25.7 Å². The van der Waals surface area contributed by atoms with E-state index in [0.29, 0.717) is 32.3 Å². The van der Waals surface area contributed by atoms with Crippen LogP contribution in [0, 0.1) is 46.1 Å². The Morgan fingerprint density at radius 3 is 1.21 bits per heavy atom. The van der Waals surface area contributed by atoms with Crippen molar-refractivity contribution < 1.29 is 44.7 Å². The van der Waals surface area contributed by atoms with Crippen LogP contribution in [0.3, 0.4) is 0 Å². The summed E-state index contributed by atoms with van der Waals surface area (Å²) in [6.45, 7) is 12.9. The first-order valence-corrected chi connectivity index (χ1v) is 29.8. The Labute approximate surface area is 465 Å². The van der Waals surface area contributed by atoms with Crippen LogP contribution in [-0.2, 0) is 38.7 Å². The van der Waals surface area contributed by atoms with Gasteiger partial charge in [0.05, 0.1) is 68.1 Å². The SMILES string of the molecule is CC(C)(C)S(=O)(=O)C[C@H](C1CC1)N1C(=O)[C@@](C)(CC#N)O[C@H](c2cccc(Cl)c2)C1c1ccc(Cl)c(F)c1.CC(C)(C)S(=O)(=O)C[C@H](C1CC1)N1C(=O)[C@](C)(CC#N)O[C@H](c2cccc(Cl)c2)C1c1ccc(Cl)c(F)c1. The van der Waals surface area contributed by atoms with E-state index in [4.69, 9.17) is 55.9 Å². The van der Waals surface area contributed by atoms with Crippen molar-refractivity contribution in [3.63, 3.8) is 0 Å². The monoisotopic (exact) mass is 1160 g/mol. The predicted octanol–water partition coefficient (Wildman–Crippen LogP) is 12.9. The number of benzene rings is 4. The number of halogens is 6. The van der Waals surface area contributed by atoms with Gasteiger partial charge in [0.2, 0.25) is 0 Å². The zero-order valence-corrected chi connectivity index (χ0v) is 48.2. The molecule has 2 heterocycles. The fraction of sp³-hybridized carbons (Fsp3) is 0.500. The first kappa shape index (κ1) is 59.3. The summed E-state index contributed by atoms with van der Waals surface area (Å²) in [5.74, 6) is -2.97. The molecule has 0 bridgehead atoms. The number of rotatable bonds is 14. The fourth-order valence-electron chi connectivity index (χ4n) is 9.86. The lowest BCUT2D eigenvalue weighted by molar-refractivity contribution is -0.202. The van der Waals surface area contributed by atoms with Crippen molar-refractivity contribution in [2.24, 2.45) is 11.8 Å². The highest BCUT2D eigenvalue weighted by atomic mass is 35.5. The molecule has 408 valence electrons. The molecule has 4 aromatic rings. The maximum absolute atomic E-state index is 14.8. The topological polar surface area (TPSA) is 175 Å². The van der Waals surface area contributed by atoms with Gasteiger partial charge in [-0.15, -0.1) is 0 Å². The van der Waals surface area contributed by atoms with E-state index < -0.39 is 100 Å². The number of nitrogens with zero attached hydrogens (tertiary/aromatic N) is 4. The summed E-state index contributed by atoms with van der Waals surface area (Å²) in [6, 6.07) is 23.3. The summed E-state index contributed by atoms with van der Waals surface area (Å²) in [6.07, 6.45) is 0.824. The Kier molecular flexibility index (Phi) is 17.5. The van der Waals surface area contributed by atoms with Crippen LogP contribution in [0.15, 0.2) is 84.9 Å². The second-order valence-electron chi connectivity index (χ2n) is 22.6. The van der Waals surface area contributed by atoms with Gasteiger partial charge in [-0.1, -0.05) is 82.8 Å². The third kappa shape index (κ3) is 12.6. The molecule has 2 saturated heterocycles. The van der Waals surface area contributed by atoms with Crippen molar-refractivity contribution in [3.05, 3.63) is 139 Å². The predicted molar refractivity (Wildman–Crippen MR) is 290 cm³/mol. The van der Waals surface area contributed by atoms with Gasteiger partial charge in [-0.25, -0.2) is 25.6 Å². The van der Waals surface area contributed by atoms with Gasteiger partial charge in [-0.05, 0) is 164 Å². The lowest BCUT2D eigenvalue weighted by Crippen LogP contribution is -2.62. The van der Waals surface area contributed by atoms with E-state index >= 15 is 0 Å². The smallest absolute Gasteiger partial charge is 0.256 e. The zero-order valence-electron chi connectivity index (χ0n) is 43.5. The number of nitriles is 2. The zero-order chi connectivity index (χ0) is 56.1. The minimum absolute atomic E-state index is 0.0554. The van der Waals surface area contributed by atoms with Gasteiger partial charge in [0.1, 0.15) is 23.8 Å². The molecule has 4 aliphatic rings. The molecule has 2 aliphatic heterocycles. The molecule has 2 aliphatic carbocycles. The Hall–Kier alpha value is -4.36. The molecule has 2 amide bonds. The average molecular weight is 1160 g/mol. The van der Waals surface area contributed by atoms with Crippen LogP contribution in [0.4, 0.5) is 8.78 Å². The van der Waals surface area contributed by atoms with Gasteiger partial charge < -0.3 is 19.3 Å². The van der Waals surface area contributed by atoms with Gasteiger partial charge in [0, 0.05) is 22.1 Å². The van der Waals surface area contributed by atoms with Crippen LogP contribution < -0.4 is 0 Å². The number of ether oxygens (including phenoxy) is 2. The number of hydrogen-bond donors (Lipinski definition) is 0. The molecule has 4 aromatic carbocycles. The van der Waals surface area contributed by atoms with Crippen LogP contribution in [0.5, 0.6) is 0 Å². The number of morpholine rings is 2. The summed E-state index contributed by atoms with van der Waals surface area (Å²) in [5, 5.41) is 19.9. The Balaban J connectivity index is 0.000000221. The summed E-state index contributed by atoms with van der Waals surface area (Å²) in [7, 11) is -7.30. The van der Waals surface area contributed by atoms with Crippen molar-refractivity contribution in [2.75, 3.05) is 11.5 Å². The Morgan fingerprint density at radius 1 is 0.592 bits per heavy atom. The van der Waals surface area contributed by atoms with Gasteiger partial charge >= 0.3 is 0 Å². The molecule has 76 heavy (non-hydrogen) atoms. The normalized spacial score (nSPS) is 25.2. The van der Waals surface area contributed by atoms with E-state index in [1.165, 1.54) is 24.3 Å². The first-order valence-electron chi connectivity index (χ1n) is 25.0. The largest absolute Gasteiger partial charge is 0.354 e. The van der Waals surface area contributed by atoms with Crippen molar-refractivity contribution in [2.45, 2.75) is 151 Å². The lowest BCUT2D eigenvalue weighted by Gasteiger charge is -2.51. The molecular weight excluding hydrogens is 1100 g/mol. The molecule has 4 fully saturated rings. The first-order chi connectivity index (χ1) is 35.4. The maximum Gasteiger partial charge on any atom is 0.256 e. The highest BCUT2D eigenvalue weighted by Crippen LogP contribution is 2.53. The highest BCUT2D eigenvalue weighted by molar-refractivity contribution is 7.93. The van der Waals surface area contributed by atoms with Gasteiger partial charge in [0.25, 0.3) is 11.8 Å². The van der Waals surface area contributed by atoms with E-state index in [1.807, 2.05) is 12.1 Å². The van der Waals surface area contributed by atoms with Crippen LogP contribution in [0.2, 0.25) is 20.1 Å². The third-order valence-electron chi connectivity index (χ3n) is 14.8. The standard InChI is InChI=1S/2C28H31Cl2FN2O4S/c2*1-27(2,3)38(35,36)16-23(17-8-9-17)33-24(18-10-11-21(30)22(31)15-18)25(19-6-5-7-20(29)14-19)37-28(4,12-13-32)26(33)34/h2*5-7,10-11,14-15,17,23-25H,8-9,12,16H2,1-4H3/t23-,24?,25-,28+;23-,24?,25-,28-/m11/s1. The van der Waals surface area contributed by atoms with E-state index in [2.05, 4.69) is 0 Å². The maximum atomic E-state index is 14.8. The number of carbonyl (C=O) groups excluding carboxylic acids is 2. The number of sulfone groups is 2. The molecule has 8 rings (SSSR count). The minimum Gasteiger partial charge on any atom is -0.354 e. The third-order valence-corrected chi connectivity index (χ3v) is 21.1. The van der Waals surface area contributed by atoms with Crippen molar-refractivity contribution in [3.8, 4) is 12.1 Å². The molecule has 20 heteroatoms. The van der Waals surface area contributed by atoms with Gasteiger partial charge in [-0.2, -0.15) is 10.5 Å². The van der Waals surface area contributed by atoms with E-state index in [9.17, 15) is 45.7 Å². The summed E-state index contributed by atoms with van der Waals surface area (Å²) < 4.78 is 94.1. The van der Waals surface area contributed by atoms with Crippen molar-refractivity contribution >= 4 is 77.9 Å². The highest BCUT2D eigenvalue weighted by Gasteiger charge is 2.58. The molecule has 0 radical (unpaired) electrons. The average Bonchev–Trinajstić information content (AvgIpc) is 4.27.